The van der Waals surface area contributed by atoms with Crippen molar-refractivity contribution in [3.05, 3.63) is 84.6 Å². The fourth-order valence-corrected chi connectivity index (χ4v) is 3.18. The second-order valence-corrected chi connectivity index (χ2v) is 6.34. The van der Waals surface area contributed by atoms with Crippen LogP contribution in [0.5, 0.6) is 0 Å². The van der Waals surface area contributed by atoms with Crippen LogP contribution in [0.25, 0.3) is 11.4 Å². The first kappa shape index (κ1) is 16.3. The summed E-state index contributed by atoms with van der Waals surface area (Å²) in [5, 5.41) is 13.8. The highest BCUT2D eigenvalue weighted by atomic mass is 32.2. The molecule has 0 aliphatic carbocycles. The van der Waals surface area contributed by atoms with Crippen molar-refractivity contribution in [2.75, 3.05) is 0 Å². The van der Waals surface area contributed by atoms with Gasteiger partial charge >= 0.3 is 0 Å². The van der Waals surface area contributed by atoms with Gasteiger partial charge in [0.1, 0.15) is 5.76 Å². The van der Waals surface area contributed by atoms with E-state index in [1.165, 1.54) is 5.56 Å². The summed E-state index contributed by atoms with van der Waals surface area (Å²) in [4.78, 5) is 4.16. The molecule has 0 spiro atoms. The second kappa shape index (κ2) is 7.79. The van der Waals surface area contributed by atoms with Gasteiger partial charge in [0.05, 0.1) is 12.5 Å². The van der Waals surface area contributed by atoms with Crippen molar-refractivity contribution in [2.24, 2.45) is 5.10 Å². The Morgan fingerprint density at radius 3 is 2.73 bits per heavy atom. The molecule has 0 fully saturated rings. The zero-order chi connectivity index (χ0) is 17.6. The molecular weight excluding hydrogens is 346 g/mol. The van der Waals surface area contributed by atoms with Crippen molar-refractivity contribution < 1.29 is 4.42 Å². The minimum atomic E-state index is 0.636. The zero-order valence-electron chi connectivity index (χ0n) is 13.8. The molecule has 4 rings (SSSR count). The number of benzene rings is 1. The van der Waals surface area contributed by atoms with Crippen molar-refractivity contribution >= 4 is 18.0 Å². The summed E-state index contributed by atoms with van der Waals surface area (Å²) in [7, 11) is 0. The zero-order valence-corrected chi connectivity index (χ0v) is 14.6. The van der Waals surface area contributed by atoms with Crippen LogP contribution in [-0.4, -0.2) is 26.1 Å². The first-order valence-corrected chi connectivity index (χ1v) is 8.99. The van der Waals surface area contributed by atoms with Crippen LogP contribution in [-0.2, 0) is 5.75 Å². The maximum Gasteiger partial charge on any atom is 0.212 e. The van der Waals surface area contributed by atoms with E-state index in [1.807, 2.05) is 42.5 Å². The first-order valence-electron chi connectivity index (χ1n) is 8.00. The quantitative estimate of drug-likeness (QED) is 0.382. The molecule has 0 unspecified atom stereocenters. The molecule has 4 aromatic rings. The van der Waals surface area contributed by atoms with E-state index in [0.717, 1.165) is 11.3 Å². The van der Waals surface area contributed by atoms with Crippen molar-refractivity contribution in [1.29, 1.82) is 0 Å². The Labute approximate surface area is 154 Å². The van der Waals surface area contributed by atoms with E-state index in [2.05, 4.69) is 32.4 Å². The fourth-order valence-electron chi connectivity index (χ4n) is 2.34. The Bertz CT molecular complexity index is 981. The van der Waals surface area contributed by atoms with Gasteiger partial charge in [0.25, 0.3) is 0 Å². The summed E-state index contributed by atoms with van der Waals surface area (Å²) < 4.78 is 7.04. The minimum Gasteiger partial charge on any atom is -0.463 e. The van der Waals surface area contributed by atoms with Crippen molar-refractivity contribution in [2.45, 2.75) is 10.9 Å². The van der Waals surface area contributed by atoms with Crippen LogP contribution in [0.3, 0.4) is 0 Å². The van der Waals surface area contributed by atoms with Gasteiger partial charge in [-0.15, -0.1) is 10.2 Å². The predicted molar refractivity (Wildman–Crippen MR) is 101 cm³/mol. The van der Waals surface area contributed by atoms with Gasteiger partial charge in [-0.1, -0.05) is 42.1 Å². The maximum atomic E-state index is 5.32. The normalized spacial score (nSPS) is 11.2. The topological polar surface area (TPSA) is 69.1 Å². The molecule has 7 heteroatoms. The Kier molecular flexibility index (Phi) is 4.88. The average Bonchev–Trinajstić information content (AvgIpc) is 3.36. The van der Waals surface area contributed by atoms with Crippen LogP contribution in [0.1, 0.15) is 11.3 Å². The van der Waals surface area contributed by atoms with E-state index in [-0.39, 0.29) is 0 Å². The summed E-state index contributed by atoms with van der Waals surface area (Å²) in [5.74, 6) is 2.08. The highest BCUT2D eigenvalue weighted by molar-refractivity contribution is 7.98. The highest BCUT2D eigenvalue weighted by Gasteiger charge is 2.14. The number of rotatable bonds is 6. The monoisotopic (exact) mass is 361 g/mol. The Balaban J connectivity index is 1.65. The van der Waals surface area contributed by atoms with E-state index < -0.39 is 0 Å². The lowest BCUT2D eigenvalue weighted by atomic mass is 10.2. The largest absolute Gasteiger partial charge is 0.463 e. The predicted octanol–water partition coefficient (Wildman–Crippen LogP) is 4.11. The molecule has 0 radical (unpaired) electrons. The highest BCUT2D eigenvalue weighted by Crippen LogP contribution is 2.26. The first-order chi connectivity index (χ1) is 12.9. The third kappa shape index (κ3) is 3.73. The number of hydrogen-bond donors (Lipinski definition) is 0. The molecule has 26 heavy (non-hydrogen) atoms. The molecule has 3 aromatic heterocycles. The summed E-state index contributed by atoms with van der Waals surface area (Å²) in [6.45, 7) is 0. The van der Waals surface area contributed by atoms with Gasteiger partial charge in [-0.05, 0) is 29.8 Å². The van der Waals surface area contributed by atoms with E-state index in [9.17, 15) is 0 Å². The molecule has 0 aliphatic heterocycles. The van der Waals surface area contributed by atoms with Gasteiger partial charge in [-0.3, -0.25) is 4.98 Å². The standard InChI is InChI=1S/C19H15N5OS/c1-2-6-15(7-3-1)14-26-19-23-22-18(16-8-4-10-20-12-16)24(19)21-13-17-9-5-11-25-17/h1-13H,14H2/b21-13+. The third-order valence-corrected chi connectivity index (χ3v) is 4.58. The molecule has 0 amide bonds. The molecule has 1 aromatic carbocycles. The van der Waals surface area contributed by atoms with Crippen LogP contribution >= 0.6 is 11.8 Å². The van der Waals surface area contributed by atoms with Gasteiger partial charge < -0.3 is 4.42 Å². The van der Waals surface area contributed by atoms with E-state index in [4.69, 9.17) is 4.42 Å². The summed E-state index contributed by atoms with van der Waals surface area (Å²) >= 11 is 1.58. The van der Waals surface area contributed by atoms with Crippen LogP contribution in [0.2, 0.25) is 0 Å². The lowest BCUT2D eigenvalue weighted by molar-refractivity contribution is 0.559. The minimum absolute atomic E-state index is 0.636. The summed E-state index contributed by atoms with van der Waals surface area (Å²) in [5.41, 5.74) is 2.06. The second-order valence-electron chi connectivity index (χ2n) is 5.39. The van der Waals surface area contributed by atoms with Gasteiger partial charge in [-0.2, -0.15) is 9.78 Å². The van der Waals surface area contributed by atoms with E-state index >= 15 is 0 Å². The van der Waals surface area contributed by atoms with Crippen molar-refractivity contribution in [3.63, 3.8) is 0 Å². The van der Waals surface area contributed by atoms with E-state index in [0.29, 0.717) is 16.7 Å². The smallest absolute Gasteiger partial charge is 0.212 e. The third-order valence-electron chi connectivity index (χ3n) is 3.59. The summed E-state index contributed by atoms with van der Waals surface area (Å²) in [6.07, 6.45) is 6.73. The van der Waals surface area contributed by atoms with Crippen LogP contribution in [0.15, 0.2) is 87.9 Å². The van der Waals surface area contributed by atoms with Crippen LogP contribution < -0.4 is 0 Å². The maximum absolute atomic E-state index is 5.32. The number of nitrogens with zero attached hydrogens (tertiary/aromatic N) is 5. The fraction of sp³-hybridized carbons (Fsp3) is 0.0526. The van der Waals surface area contributed by atoms with Gasteiger partial charge in [0.15, 0.2) is 5.82 Å². The van der Waals surface area contributed by atoms with E-state index in [1.54, 1.807) is 41.3 Å². The van der Waals surface area contributed by atoms with Gasteiger partial charge in [0, 0.05) is 23.7 Å². The number of thioether (sulfide) groups is 1. The van der Waals surface area contributed by atoms with Crippen LogP contribution in [0.4, 0.5) is 0 Å². The SMILES string of the molecule is C(=N\n1c(SCc2ccccc2)nnc1-c1cccnc1)/c1ccco1. The number of pyridine rings is 1. The molecule has 6 nitrogen and oxygen atoms in total. The van der Waals surface area contributed by atoms with Gasteiger partial charge in [-0.25, -0.2) is 0 Å². The average molecular weight is 361 g/mol. The Morgan fingerprint density at radius 1 is 1.04 bits per heavy atom. The molecule has 0 saturated carbocycles. The number of aromatic nitrogens is 4. The van der Waals surface area contributed by atoms with Crippen LogP contribution in [0, 0.1) is 0 Å². The molecule has 0 atom stereocenters. The van der Waals surface area contributed by atoms with Crippen molar-refractivity contribution in [3.8, 4) is 11.4 Å². The molecule has 3 heterocycles. The Hall–Kier alpha value is -3.19. The molecular formula is C19H15N5OS. The molecule has 0 saturated heterocycles. The molecule has 128 valence electrons. The molecule has 0 N–H and O–H groups in total. The lowest BCUT2D eigenvalue weighted by Gasteiger charge is -2.04. The Morgan fingerprint density at radius 2 is 1.96 bits per heavy atom. The molecule has 0 aliphatic rings. The molecule has 0 bridgehead atoms. The van der Waals surface area contributed by atoms with Gasteiger partial charge in [0.2, 0.25) is 5.16 Å². The lowest BCUT2D eigenvalue weighted by Crippen LogP contribution is -1.97. The number of furan rings is 1. The number of hydrogen-bond acceptors (Lipinski definition) is 6. The van der Waals surface area contributed by atoms with Crippen molar-refractivity contribution in [1.82, 2.24) is 19.9 Å². The summed E-state index contributed by atoms with van der Waals surface area (Å²) in [6, 6.07) is 17.7.